The van der Waals surface area contributed by atoms with E-state index in [1.165, 1.54) is 5.56 Å². The molecule has 0 atom stereocenters. The van der Waals surface area contributed by atoms with Crippen LogP contribution < -0.4 is 10.1 Å². The number of ether oxygens (including phenoxy) is 1. The molecule has 1 aromatic carbocycles. The molecule has 3 nitrogen and oxygen atoms in total. The van der Waals surface area contributed by atoms with Crippen molar-refractivity contribution in [3.63, 3.8) is 0 Å². The predicted molar refractivity (Wildman–Crippen MR) is 85.4 cm³/mol. The average Bonchev–Trinajstić information content (AvgIpc) is 2.80. The molecular formula is C16H20BrNO2. The van der Waals surface area contributed by atoms with Gasteiger partial charge in [0.2, 0.25) is 0 Å². The maximum atomic E-state index is 5.41. The molecular weight excluding hydrogens is 318 g/mol. The minimum atomic E-state index is 0.105. The lowest BCUT2D eigenvalue weighted by Crippen LogP contribution is -2.12. The van der Waals surface area contributed by atoms with Gasteiger partial charge >= 0.3 is 0 Å². The summed E-state index contributed by atoms with van der Waals surface area (Å²) in [6.07, 6.45) is 1.67. The molecule has 0 radical (unpaired) electrons. The summed E-state index contributed by atoms with van der Waals surface area (Å²) in [5, 5.41) is 3.37. The zero-order valence-electron chi connectivity index (χ0n) is 12.3. The van der Waals surface area contributed by atoms with Gasteiger partial charge in [0, 0.05) is 0 Å². The number of anilines is 1. The highest BCUT2D eigenvalue weighted by atomic mass is 79.9. The lowest BCUT2D eigenvalue weighted by molar-refractivity contribution is 0.415. The topological polar surface area (TPSA) is 34.4 Å². The van der Waals surface area contributed by atoms with Gasteiger partial charge in [0.1, 0.15) is 11.5 Å². The maximum Gasteiger partial charge on any atom is 0.141 e. The highest BCUT2D eigenvalue weighted by molar-refractivity contribution is 9.10. The van der Waals surface area contributed by atoms with Crippen LogP contribution in [0.4, 0.5) is 5.69 Å². The standard InChI is InChI=1S/C16H20BrNO2/c1-16(2,3)11-5-6-14(19-4)13(9-11)18-10-15-12(17)7-8-20-15/h5-9,18H,10H2,1-4H3. The molecule has 0 aliphatic carbocycles. The molecule has 0 saturated carbocycles. The van der Waals surface area contributed by atoms with Crippen molar-refractivity contribution in [2.45, 2.75) is 32.7 Å². The highest BCUT2D eigenvalue weighted by Crippen LogP contribution is 2.32. The fourth-order valence-corrected chi connectivity index (χ4v) is 2.28. The number of benzene rings is 1. The molecule has 0 aliphatic rings. The summed E-state index contributed by atoms with van der Waals surface area (Å²) in [5.74, 6) is 1.70. The molecule has 20 heavy (non-hydrogen) atoms. The van der Waals surface area contributed by atoms with E-state index in [0.29, 0.717) is 6.54 Å². The van der Waals surface area contributed by atoms with Crippen molar-refractivity contribution in [2.75, 3.05) is 12.4 Å². The Morgan fingerprint density at radius 3 is 2.55 bits per heavy atom. The first kappa shape index (κ1) is 15.0. The molecule has 0 amide bonds. The van der Waals surface area contributed by atoms with Gasteiger partial charge in [-0.1, -0.05) is 26.8 Å². The number of methoxy groups -OCH3 is 1. The van der Waals surface area contributed by atoms with Crippen molar-refractivity contribution in [3.05, 3.63) is 46.3 Å². The Balaban J connectivity index is 2.23. The summed E-state index contributed by atoms with van der Waals surface area (Å²) in [5.41, 5.74) is 2.34. The van der Waals surface area contributed by atoms with Crippen molar-refractivity contribution in [1.29, 1.82) is 0 Å². The normalized spacial score (nSPS) is 11.4. The third-order valence-electron chi connectivity index (χ3n) is 3.20. The molecule has 0 unspecified atom stereocenters. The Morgan fingerprint density at radius 2 is 2.00 bits per heavy atom. The summed E-state index contributed by atoms with van der Waals surface area (Å²) in [6.45, 7) is 7.20. The summed E-state index contributed by atoms with van der Waals surface area (Å²) < 4.78 is 11.8. The monoisotopic (exact) mass is 337 g/mol. The number of hydrogen-bond acceptors (Lipinski definition) is 3. The first-order valence-corrected chi connectivity index (χ1v) is 7.35. The van der Waals surface area contributed by atoms with Crippen LogP contribution >= 0.6 is 15.9 Å². The van der Waals surface area contributed by atoms with Crippen molar-refractivity contribution < 1.29 is 9.15 Å². The van der Waals surface area contributed by atoms with Crippen molar-refractivity contribution in [1.82, 2.24) is 0 Å². The van der Waals surface area contributed by atoms with Crippen molar-refractivity contribution >= 4 is 21.6 Å². The molecule has 0 fully saturated rings. The summed E-state index contributed by atoms with van der Waals surface area (Å²) in [7, 11) is 1.68. The largest absolute Gasteiger partial charge is 0.495 e. The van der Waals surface area contributed by atoms with Crippen LogP contribution in [0.15, 0.2) is 39.4 Å². The molecule has 0 aliphatic heterocycles. The Morgan fingerprint density at radius 1 is 1.25 bits per heavy atom. The Bertz CT molecular complexity index is 584. The van der Waals surface area contributed by atoms with Gasteiger partial charge in [0.15, 0.2) is 0 Å². The third kappa shape index (κ3) is 3.37. The lowest BCUT2D eigenvalue weighted by atomic mass is 9.87. The number of furan rings is 1. The van der Waals surface area contributed by atoms with Gasteiger partial charge in [-0.2, -0.15) is 0 Å². The van der Waals surface area contributed by atoms with Crippen LogP contribution in [0.5, 0.6) is 5.75 Å². The molecule has 0 spiro atoms. The van der Waals surface area contributed by atoms with Gasteiger partial charge in [0.05, 0.1) is 30.1 Å². The van der Waals surface area contributed by atoms with Crippen LogP contribution in [0.25, 0.3) is 0 Å². The van der Waals surface area contributed by atoms with Crippen LogP contribution in [0.3, 0.4) is 0 Å². The van der Waals surface area contributed by atoms with E-state index in [1.54, 1.807) is 13.4 Å². The minimum absolute atomic E-state index is 0.105. The molecule has 0 bridgehead atoms. The smallest absolute Gasteiger partial charge is 0.141 e. The summed E-state index contributed by atoms with van der Waals surface area (Å²) in [4.78, 5) is 0. The van der Waals surface area contributed by atoms with Crippen LogP contribution in [0.1, 0.15) is 32.1 Å². The van der Waals surface area contributed by atoms with Gasteiger partial charge in [-0.15, -0.1) is 0 Å². The van der Waals surface area contributed by atoms with E-state index in [4.69, 9.17) is 9.15 Å². The fourth-order valence-electron chi connectivity index (χ4n) is 1.94. The van der Waals surface area contributed by atoms with E-state index >= 15 is 0 Å². The van der Waals surface area contributed by atoms with Gasteiger partial charge in [-0.05, 0) is 45.1 Å². The van der Waals surface area contributed by atoms with Crippen LogP contribution in [-0.4, -0.2) is 7.11 Å². The second kappa shape index (κ2) is 5.92. The zero-order chi connectivity index (χ0) is 14.8. The van der Waals surface area contributed by atoms with Crippen molar-refractivity contribution in [3.8, 4) is 5.75 Å². The first-order chi connectivity index (χ1) is 9.41. The van der Waals surface area contributed by atoms with Gasteiger partial charge < -0.3 is 14.5 Å². The van der Waals surface area contributed by atoms with E-state index in [-0.39, 0.29) is 5.41 Å². The quantitative estimate of drug-likeness (QED) is 0.856. The number of hydrogen-bond donors (Lipinski definition) is 1. The van der Waals surface area contributed by atoms with Crippen LogP contribution in [0.2, 0.25) is 0 Å². The van der Waals surface area contributed by atoms with E-state index in [2.05, 4.69) is 54.2 Å². The minimum Gasteiger partial charge on any atom is -0.495 e. The molecule has 108 valence electrons. The average molecular weight is 338 g/mol. The maximum absolute atomic E-state index is 5.41. The Labute approximate surface area is 128 Å². The molecule has 2 rings (SSSR count). The van der Waals surface area contributed by atoms with E-state index in [9.17, 15) is 0 Å². The first-order valence-electron chi connectivity index (χ1n) is 6.56. The van der Waals surface area contributed by atoms with Crippen LogP contribution in [0, 0.1) is 0 Å². The zero-order valence-corrected chi connectivity index (χ0v) is 13.9. The van der Waals surface area contributed by atoms with E-state index in [0.717, 1.165) is 21.7 Å². The molecule has 4 heteroatoms. The highest BCUT2D eigenvalue weighted by Gasteiger charge is 2.16. The van der Waals surface area contributed by atoms with Gasteiger partial charge in [0.25, 0.3) is 0 Å². The predicted octanol–water partition coefficient (Wildman–Crippen LogP) is 4.96. The Hall–Kier alpha value is -1.42. The van der Waals surface area contributed by atoms with E-state index in [1.807, 2.05) is 12.1 Å². The van der Waals surface area contributed by atoms with Gasteiger partial charge in [-0.3, -0.25) is 0 Å². The van der Waals surface area contributed by atoms with E-state index < -0.39 is 0 Å². The molecule has 2 aromatic rings. The molecule has 0 saturated heterocycles. The molecule has 1 N–H and O–H groups in total. The molecule has 1 heterocycles. The third-order valence-corrected chi connectivity index (χ3v) is 3.90. The van der Waals surface area contributed by atoms with Crippen LogP contribution in [-0.2, 0) is 12.0 Å². The SMILES string of the molecule is COc1ccc(C(C)(C)C)cc1NCc1occc1Br. The second-order valence-electron chi connectivity index (χ2n) is 5.71. The van der Waals surface area contributed by atoms with Crippen molar-refractivity contribution in [2.24, 2.45) is 0 Å². The second-order valence-corrected chi connectivity index (χ2v) is 6.56. The fraction of sp³-hybridized carbons (Fsp3) is 0.375. The Kier molecular flexibility index (Phi) is 4.43. The number of nitrogens with one attached hydrogen (secondary N) is 1. The van der Waals surface area contributed by atoms with Gasteiger partial charge in [-0.25, -0.2) is 0 Å². The summed E-state index contributed by atoms with van der Waals surface area (Å²) >= 11 is 3.46. The molecule has 1 aromatic heterocycles. The summed E-state index contributed by atoms with van der Waals surface area (Å²) in [6, 6.07) is 8.13. The lowest BCUT2D eigenvalue weighted by Gasteiger charge is -2.21. The number of halogens is 1. The number of rotatable bonds is 4.